The number of hydrogen-bond donors (Lipinski definition) is 8. The lowest BCUT2D eigenvalue weighted by Gasteiger charge is -2.02. The average Bonchev–Trinajstić information content (AvgIpc) is 2.60. The van der Waals surface area contributed by atoms with E-state index in [1.54, 1.807) is 48.5 Å². The molecule has 0 saturated carbocycles. The number of phenolic OH excluding ortho intramolecular Hbond substituents is 2. The largest absolute Gasteiger partial charge is 0.508 e. The van der Waals surface area contributed by atoms with Crippen LogP contribution in [0.15, 0.2) is 48.5 Å². The van der Waals surface area contributed by atoms with Gasteiger partial charge in [0.05, 0.1) is 13.2 Å². The van der Waals surface area contributed by atoms with E-state index >= 15 is 0 Å². The summed E-state index contributed by atoms with van der Waals surface area (Å²) in [5.41, 5.74) is 1.80. The Morgan fingerprint density at radius 2 is 0.926 bits per heavy atom. The average molecular weight is 404 g/mol. The standard InChI is InChI=1S/2C8H11NO2.H2O4S/c2*10-6-5-9-7-1-3-8(11)4-2-7;1-5(2,3)4/h2*1-4,9-11H,5-6H2;(H2,1,2,3,4). The van der Waals surface area contributed by atoms with Gasteiger partial charge in [0, 0.05) is 24.5 Å². The van der Waals surface area contributed by atoms with Crippen LogP contribution in [0.3, 0.4) is 0 Å². The van der Waals surface area contributed by atoms with Gasteiger partial charge in [0.15, 0.2) is 0 Å². The number of anilines is 2. The molecule has 0 heterocycles. The molecule has 0 aliphatic rings. The van der Waals surface area contributed by atoms with Crippen LogP contribution in [-0.4, -0.2) is 64.3 Å². The second-order valence-electron chi connectivity index (χ2n) is 4.84. The minimum absolute atomic E-state index is 0.112. The molecule has 0 aromatic heterocycles. The molecule has 0 aliphatic carbocycles. The van der Waals surface area contributed by atoms with E-state index in [4.69, 9.17) is 37.9 Å². The van der Waals surface area contributed by atoms with Gasteiger partial charge in [-0.15, -0.1) is 0 Å². The van der Waals surface area contributed by atoms with Crippen LogP contribution in [0.25, 0.3) is 0 Å². The van der Waals surface area contributed by atoms with Gasteiger partial charge in [-0.3, -0.25) is 9.11 Å². The number of nitrogens with one attached hydrogen (secondary N) is 2. The third-order valence-electron chi connectivity index (χ3n) is 2.62. The predicted octanol–water partition coefficient (Wildman–Crippen LogP) is 0.940. The van der Waals surface area contributed by atoms with Gasteiger partial charge in [0.2, 0.25) is 0 Å². The highest BCUT2D eigenvalue weighted by atomic mass is 32.3. The van der Waals surface area contributed by atoms with Crippen molar-refractivity contribution in [1.29, 1.82) is 0 Å². The van der Waals surface area contributed by atoms with Crippen LogP contribution >= 0.6 is 0 Å². The number of aliphatic hydroxyl groups excluding tert-OH is 2. The molecule has 0 radical (unpaired) electrons. The molecule has 0 fully saturated rings. The minimum Gasteiger partial charge on any atom is -0.508 e. The van der Waals surface area contributed by atoms with Gasteiger partial charge in [0.1, 0.15) is 11.5 Å². The van der Waals surface area contributed by atoms with E-state index in [-0.39, 0.29) is 24.7 Å². The summed E-state index contributed by atoms with van der Waals surface area (Å²) >= 11 is 0. The van der Waals surface area contributed by atoms with E-state index in [0.717, 1.165) is 11.4 Å². The van der Waals surface area contributed by atoms with Crippen molar-refractivity contribution >= 4 is 21.8 Å². The van der Waals surface area contributed by atoms with Crippen LogP contribution in [0.4, 0.5) is 11.4 Å². The van der Waals surface area contributed by atoms with Crippen molar-refractivity contribution in [1.82, 2.24) is 0 Å². The third-order valence-corrected chi connectivity index (χ3v) is 2.62. The quantitative estimate of drug-likeness (QED) is 0.255. The maximum atomic E-state index is 8.90. The molecule has 2 rings (SSSR count). The SMILES string of the molecule is O=S(=O)(O)O.OCCNc1ccc(O)cc1.OCCNc1ccc(O)cc1. The molecule has 0 unspecified atom stereocenters. The summed E-state index contributed by atoms with van der Waals surface area (Å²) < 4.78 is 31.6. The molecule has 2 aromatic carbocycles. The van der Waals surface area contributed by atoms with E-state index in [9.17, 15) is 0 Å². The highest BCUT2D eigenvalue weighted by Gasteiger charge is 1.90. The van der Waals surface area contributed by atoms with E-state index in [0.29, 0.717) is 13.1 Å². The Kier molecular flexibility index (Phi) is 12.3. The fourth-order valence-electron chi connectivity index (χ4n) is 1.56. The number of aliphatic hydroxyl groups is 2. The minimum atomic E-state index is -4.67. The first kappa shape index (κ1) is 24.4. The fraction of sp³-hybridized carbons (Fsp3) is 0.250. The lowest BCUT2D eigenvalue weighted by molar-refractivity contribution is 0.311. The summed E-state index contributed by atoms with van der Waals surface area (Å²) in [6.07, 6.45) is 0. The van der Waals surface area contributed by atoms with Crippen LogP contribution in [-0.2, 0) is 10.4 Å². The zero-order valence-electron chi connectivity index (χ0n) is 14.4. The van der Waals surface area contributed by atoms with E-state index in [2.05, 4.69) is 10.6 Å². The lowest BCUT2D eigenvalue weighted by atomic mass is 10.3. The first-order valence-corrected chi connectivity index (χ1v) is 9.02. The van der Waals surface area contributed by atoms with Gasteiger partial charge >= 0.3 is 10.4 Å². The van der Waals surface area contributed by atoms with Gasteiger partial charge in [0.25, 0.3) is 0 Å². The van der Waals surface area contributed by atoms with Gasteiger partial charge in [-0.2, -0.15) is 8.42 Å². The molecule has 0 spiro atoms. The van der Waals surface area contributed by atoms with E-state index in [1.807, 2.05) is 0 Å². The lowest BCUT2D eigenvalue weighted by Crippen LogP contribution is -2.04. The number of benzene rings is 2. The molecule has 0 bridgehead atoms. The second-order valence-corrected chi connectivity index (χ2v) is 5.74. The summed E-state index contributed by atoms with van der Waals surface area (Å²) in [4.78, 5) is 0. The van der Waals surface area contributed by atoms with Crippen LogP contribution in [0.5, 0.6) is 11.5 Å². The van der Waals surface area contributed by atoms with Gasteiger partial charge in [-0.1, -0.05) is 0 Å². The normalized spacial score (nSPS) is 9.93. The number of aromatic hydroxyl groups is 2. The van der Waals surface area contributed by atoms with Crippen LogP contribution in [0, 0.1) is 0 Å². The molecular formula is C16H24N2O8S. The topological polar surface area (TPSA) is 180 Å². The molecule has 2 aromatic rings. The zero-order valence-corrected chi connectivity index (χ0v) is 15.2. The summed E-state index contributed by atoms with van der Waals surface area (Å²) in [6.45, 7) is 1.29. The van der Waals surface area contributed by atoms with Crippen molar-refractivity contribution < 1.29 is 37.9 Å². The number of hydrogen-bond acceptors (Lipinski definition) is 8. The van der Waals surface area contributed by atoms with Crippen molar-refractivity contribution in [3.05, 3.63) is 48.5 Å². The van der Waals surface area contributed by atoms with Crippen LogP contribution in [0.1, 0.15) is 0 Å². The molecule has 0 atom stereocenters. The molecular weight excluding hydrogens is 380 g/mol. The highest BCUT2D eigenvalue weighted by molar-refractivity contribution is 7.79. The Labute approximate surface area is 157 Å². The first-order chi connectivity index (χ1) is 12.7. The Balaban J connectivity index is 0.000000405. The van der Waals surface area contributed by atoms with Gasteiger partial charge in [-0.05, 0) is 48.5 Å². The highest BCUT2D eigenvalue weighted by Crippen LogP contribution is 2.13. The third kappa shape index (κ3) is 16.6. The van der Waals surface area contributed by atoms with Crippen molar-refractivity contribution in [2.24, 2.45) is 0 Å². The fourth-order valence-corrected chi connectivity index (χ4v) is 1.56. The molecule has 8 N–H and O–H groups in total. The van der Waals surface area contributed by atoms with Crippen molar-refractivity contribution in [3.63, 3.8) is 0 Å². The Morgan fingerprint density at radius 3 is 1.15 bits per heavy atom. The molecule has 0 saturated heterocycles. The predicted molar refractivity (Wildman–Crippen MR) is 102 cm³/mol. The summed E-state index contributed by atoms with van der Waals surface area (Å²) in [5, 5.41) is 40.7. The smallest absolute Gasteiger partial charge is 0.394 e. The van der Waals surface area contributed by atoms with E-state index in [1.165, 1.54) is 0 Å². The van der Waals surface area contributed by atoms with Crippen LogP contribution < -0.4 is 10.6 Å². The Bertz CT molecular complexity index is 664. The molecule has 11 heteroatoms. The molecule has 0 aliphatic heterocycles. The van der Waals surface area contributed by atoms with Crippen LogP contribution in [0.2, 0.25) is 0 Å². The Morgan fingerprint density at radius 1 is 0.667 bits per heavy atom. The second kappa shape index (κ2) is 13.6. The van der Waals surface area contributed by atoms with Crippen molar-refractivity contribution in [2.75, 3.05) is 36.9 Å². The molecule has 27 heavy (non-hydrogen) atoms. The first-order valence-electron chi connectivity index (χ1n) is 7.63. The van der Waals surface area contributed by atoms with Gasteiger partial charge < -0.3 is 31.1 Å². The Hall–Kier alpha value is -2.57. The maximum Gasteiger partial charge on any atom is 0.394 e. The van der Waals surface area contributed by atoms with Crippen molar-refractivity contribution in [2.45, 2.75) is 0 Å². The monoisotopic (exact) mass is 404 g/mol. The van der Waals surface area contributed by atoms with Gasteiger partial charge in [-0.25, -0.2) is 0 Å². The van der Waals surface area contributed by atoms with Crippen molar-refractivity contribution in [3.8, 4) is 11.5 Å². The molecule has 0 amide bonds. The zero-order chi connectivity index (χ0) is 20.7. The van der Waals surface area contributed by atoms with E-state index < -0.39 is 10.4 Å². The number of rotatable bonds is 6. The maximum absolute atomic E-state index is 8.90. The molecule has 10 nitrogen and oxygen atoms in total. The summed E-state index contributed by atoms with van der Waals surface area (Å²) in [5.74, 6) is 0.499. The summed E-state index contributed by atoms with van der Waals surface area (Å²) in [7, 11) is -4.67. The summed E-state index contributed by atoms with van der Waals surface area (Å²) in [6, 6.07) is 13.4. The molecule has 152 valence electrons. The number of phenols is 2.